The number of thioether (sulfide) groups is 1. The molecule has 0 radical (unpaired) electrons. The smallest absolute Gasteiger partial charge is 0.323 e. The van der Waals surface area contributed by atoms with Crippen LogP contribution in [0.15, 0.2) is 47.9 Å². The Morgan fingerprint density at radius 2 is 1.75 bits per heavy atom. The van der Waals surface area contributed by atoms with Crippen LogP contribution in [0.4, 0.5) is 0 Å². The van der Waals surface area contributed by atoms with Crippen LogP contribution in [0.2, 0.25) is 16.6 Å². The summed E-state index contributed by atoms with van der Waals surface area (Å²) >= 11 is 1.60. The van der Waals surface area contributed by atoms with E-state index >= 15 is 0 Å². The third-order valence-electron chi connectivity index (χ3n) is 5.96. The molecule has 0 aromatic heterocycles. The number of carbonyl (C=O) groups is 1. The van der Waals surface area contributed by atoms with Gasteiger partial charge in [0, 0.05) is 11.3 Å². The molecule has 1 fully saturated rings. The summed E-state index contributed by atoms with van der Waals surface area (Å²) in [4.78, 5) is 14.0. The van der Waals surface area contributed by atoms with E-state index in [0.717, 1.165) is 4.90 Å². The zero-order valence-electron chi connectivity index (χ0n) is 18.2. The number of hydrogen-bond acceptors (Lipinski definition) is 4. The zero-order chi connectivity index (χ0) is 20.9. The van der Waals surface area contributed by atoms with Crippen LogP contribution in [0.25, 0.3) is 0 Å². The van der Waals surface area contributed by atoms with Crippen molar-refractivity contribution in [3.8, 4) is 0 Å². The Morgan fingerprint density at radius 3 is 2.25 bits per heavy atom. The Kier molecular flexibility index (Phi) is 8.00. The molecule has 1 saturated heterocycles. The van der Waals surface area contributed by atoms with Crippen molar-refractivity contribution < 1.29 is 14.0 Å². The van der Waals surface area contributed by atoms with Gasteiger partial charge in [-0.25, -0.2) is 0 Å². The molecule has 156 valence electrons. The van der Waals surface area contributed by atoms with Gasteiger partial charge in [-0.15, -0.1) is 18.3 Å². The van der Waals surface area contributed by atoms with E-state index in [-0.39, 0.29) is 12.1 Å². The molecule has 2 rings (SSSR count). The highest BCUT2D eigenvalue weighted by atomic mass is 32.2. The molecule has 0 aliphatic carbocycles. The Morgan fingerprint density at radius 1 is 1.18 bits per heavy atom. The predicted molar refractivity (Wildman–Crippen MR) is 121 cm³/mol. The molecule has 2 atom stereocenters. The monoisotopic (exact) mass is 420 g/mol. The first-order chi connectivity index (χ1) is 13.2. The lowest BCUT2D eigenvalue weighted by Crippen LogP contribution is -2.49. The normalized spacial score (nSPS) is 22.9. The lowest BCUT2D eigenvalue weighted by atomic mass is 10.0. The van der Waals surface area contributed by atoms with Crippen molar-refractivity contribution in [3.05, 3.63) is 43.0 Å². The van der Waals surface area contributed by atoms with Crippen molar-refractivity contribution in [2.75, 3.05) is 6.61 Å². The van der Waals surface area contributed by atoms with Gasteiger partial charge in [0.05, 0.1) is 6.61 Å². The van der Waals surface area contributed by atoms with Crippen molar-refractivity contribution in [2.45, 2.75) is 86.8 Å². The molecule has 0 saturated carbocycles. The van der Waals surface area contributed by atoms with E-state index in [1.54, 1.807) is 11.8 Å². The number of rotatable bonds is 10. The fourth-order valence-electron chi connectivity index (χ4n) is 4.82. The number of carbonyl (C=O) groups excluding carboxylic acids is 1. The van der Waals surface area contributed by atoms with Crippen molar-refractivity contribution in [2.24, 2.45) is 0 Å². The van der Waals surface area contributed by atoms with Crippen LogP contribution in [0.5, 0.6) is 0 Å². The number of allylic oxidation sites excluding steroid dienone is 1. The molecule has 0 spiro atoms. The standard InChI is InChI=1S/C23H36O3SSi/c1-8-14-23(27-21-12-10-9-11-13-21)15-20(26-22(23)24)16-25-28(17(2)3,18(4)5)19(6)7/h8-13,17-20H,1,14-16H2,2-7H3/t20-,23?/m0/s1. The third-order valence-corrected chi connectivity index (χ3v) is 13.4. The molecular weight excluding hydrogens is 384 g/mol. The van der Waals surface area contributed by atoms with Gasteiger partial charge in [-0.2, -0.15) is 0 Å². The van der Waals surface area contributed by atoms with Gasteiger partial charge in [-0.05, 0) is 35.2 Å². The molecule has 1 aromatic rings. The predicted octanol–water partition coefficient (Wildman–Crippen LogP) is 6.60. The van der Waals surface area contributed by atoms with Crippen molar-refractivity contribution >= 4 is 26.0 Å². The van der Waals surface area contributed by atoms with Gasteiger partial charge in [0.2, 0.25) is 8.32 Å². The summed E-state index contributed by atoms with van der Waals surface area (Å²) in [5, 5.41) is 0. The SMILES string of the molecule is C=CCC1(Sc2ccccc2)C[C@@H](CO[Si](C(C)C)(C(C)C)C(C)C)OC1=O. The number of benzene rings is 1. The number of cyclic esters (lactones) is 1. The molecule has 3 nitrogen and oxygen atoms in total. The van der Waals surface area contributed by atoms with Gasteiger partial charge in [0.1, 0.15) is 10.9 Å². The molecule has 0 amide bonds. The summed E-state index contributed by atoms with van der Waals surface area (Å²) in [6.07, 6.45) is 2.90. The first-order valence-corrected chi connectivity index (χ1v) is 13.3. The van der Waals surface area contributed by atoms with Gasteiger partial charge in [0.25, 0.3) is 0 Å². The van der Waals surface area contributed by atoms with Crippen LogP contribution >= 0.6 is 11.8 Å². The average molecular weight is 421 g/mol. The van der Waals surface area contributed by atoms with E-state index < -0.39 is 13.1 Å². The van der Waals surface area contributed by atoms with Gasteiger partial charge < -0.3 is 9.16 Å². The number of esters is 1. The minimum Gasteiger partial charge on any atom is -0.459 e. The number of ether oxygens (including phenoxy) is 1. The van der Waals surface area contributed by atoms with Crippen LogP contribution in [0.3, 0.4) is 0 Å². The minimum absolute atomic E-state index is 0.138. The summed E-state index contributed by atoms with van der Waals surface area (Å²) in [5.41, 5.74) is 1.55. The van der Waals surface area contributed by atoms with E-state index in [0.29, 0.717) is 36.1 Å². The summed E-state index contributed by atoms with van der Waals surface area (Å²) in [6, 6.07) is 10.1. The fraction of sp³-hybridized carbons (Fsp3) is 0.609. The molecular formula is C23H36O3SSi. The third kappa shape index (κ3) is 4.74. The maximum Gasteiger partial charge on any atom is 0.323 e. The zero-order valence-corrected chi connectivity index (χ0v) is 20.1. The maximum absolute atomic E-state index is 12.9. The van der Waals surface area contributed by atoms with E-state index in [9.17, 15) is 4.79 Å². The average Bonchev–Trinajstić information content (AvgIpc) is 2.91. The first kappa shape index (κ1) is 23.2. The Labute approximate surface area is 176 Å². The van der Waals surface area contributed by atoms with Crippen LogP contribution in [0.1, 0.15) is 54.4 Å². The highest BCUT2D eigenvalue weighted by molar-refractivity contribution is 8.01. The summed E-state index contributed by atoms with van der Waals surface area (Å²) in [5.74, 6) is -0.138. The molecule has 28 heavy (non-hydrogen) atoms. The Hall–Kier alpha value is -1.04. The molecule has 1 unspecified atom stereocenters. The summed E-state index contributed by atoms with van der Waals surface area (Å²) in [7, 11) is -1.97. The molecule has 1 aliphatic rings. The second-order valence-corrected chi connectivity index (χ2v) is 15.7. The van der Waals surface area contributed by atoms with Crippen LogP contribution in [-0.4, -0.2) is 31.7 Å². The van der Waals surface area contributed by atoms with E-state index in [1.807, 2.05) is 36.4 Å². The molecule has 1 aliphatic heterocycles. The Balaban J connectivity index is 2.16. The molecule has 1 aromatic carbocycles. The quantitative estimate of drug-likeness (QED) is 0.243. The molecule has 1 heterocycles. The summed E-state index contributed by atoms with van der Waals surface area (Å²) < 4.78 is 11.9. The fourth-order valence-corrected chi connectivity index (χ4v) is 11.6. The van der Waals surface area contributed by atoms with Crippen molar-refractivity contribution in [1.82, 2.24) is 0 Å². The largest absolute Gasteiger partial charge is 0.459 e. The highest BCUT2D eigenvalue weighted by Crippen LogP contribution is 2.47. The van der Waals surface area contributed by atoms with Crippen LogP contribution < -0.4 is 0 Å². The Bertz CT molecular complexity index is 637. The highest BCUT2D eigenvalue weighted by Gasteiger charge is 2.51. The van der Waals surface area contributed by atoms with Crippen LogP contribution in [-0.2, 0) is 14.0 Å². The van der Waals surface area contributed by atoms with E-state index in [1.165, 1.54) is 0 Å². The van der Waals surface area contributed by atoms with Crippen molar-refractivity contribution in [3.63, 3.8) is 0 Å². The van der Waals surface area contributed by atoms with Gasteiger partial charge >= 0.3 is 5.97 Å². The van der Waals surface area contributed by atoms with Gasteiger partial charge in [-0.3, -0.25) is 4.79 Å². The minimum atomic E-state index is -1.97. The van der Waals surface area contributed by atoms with Crippen molar-refractivity contribution in [1.29, 1.82) is 0 Å². The summed E-state index contributed by atoms with van der Waals surface area (Å²) in [6.45, 7) is 18.0. The van der Waals surface area contributed by atoms with E-state index in [4.69, 9.17) is 9.16 Å². The number of hydrogen-bond donors (Lipinski definition) is 0. The molecule has 0 N–H and O–H groups in total. The lowest BCUT2D eigenvalue weighted by Gasteiger charge is -2.42. The van der Waals surface area contributed by atoms with E-state index in [2.05, 4.69) is 48.1 Å². The lowest BCUT2D eigenvalue weighted by molar-refractivity contribution is -0.144. The van der Waals surface area contributed by atoms with Gasteiger partial charge in [-0.1, -0.05) is 65.8 Å². The second kappa shape index (κ2) is 9.64. The maximum atomic E-state index is 12.9. The second-order valence-electron chi connectivity index (χ2n) is 8.76. The van der Waals surface area contributed by atoms with Crippen LogP contribution in [0, 0.1) is 0 Å². The molecule has 0 bridgehead atoms. The topological polar surface area (TPSA) is 35.5 Å². The first-order valence-electron chi connectivity index (χ1n) is 10.4. The van der Waals surface area contributed by atoms with Gasteiger partial charge in [0.15, 0.2) is 0 Å². The molecule has 5 heteroatoms.